The van der Waals surface area contributed by atoms with Crippen LogP contribution in [0.25, 0.3) is 0 Å². The molecule has 5 heteroatoms. The van der Waals surface area contributed by atoms with E-state index in [1.54, 1.807) is 0 Å². The maximum absolute atomic E-state index is 5.76. The fourth-order valence-electron chi connectivity index (χ4n) is 2.27. The van der Waals surface area contributed by atoms with Gasteiger partial charge >= 0.3 is 0 Å². The van der Waals surface area contributed by atoms with Gasteiger partial charge in [0.05, 0.1) is 26.4 Å². The first-order valence-corrected chi connectivity index (χ1v) is 8.04. The number of benzene rings is 1. The van der Waals surface area contributed by atoms with Crippen molar-refractivity contribution in [2.24, 2.45) is 0 Å². The summed E-state index contributed by atoms with van der Waals surface area (Å²) in [6.45, 7) is 8.61. The van der Waals surface area contributed by atoms with Crippen molar-refractivity contribution in [3.8, 4) is 11.5 Å². The van der Waals surface area contributed by atoms with Gasteiger partial charge in [0.25, 0.3) is 0 Å². The molecule has 1 heterocycles. The molecule has 1 aromatic rings. The van der Waals surface area contributed by atoms with Crippen molar-refractivity contribution in [3.05, 3.63) is 24.3 Å². The van der Waals surface area contributed by atoms with Gasteiger partial charge in [-0.15, -0.1) is 0 Å². The quantitative estimate of drug-likeness (QED) is 0.596. The summed E-state index contributed by atoms with van der Waals surface area (Å²) >= 11 is 0. The van der Waals surface area contributed by atoms with E-state index < -0.39 is 0 Å². The van der Waals surface area contributed by atoms with E-state index >= 15 is 0 Å². The van der Waals surface area contributed by atoms with E-state index in [4.69, 9.17) is 14.2 Å². The lowest BCUT2D eigenvalue weighted by Crippen LogP contribution is -3.00. The van der Waals surface area contributed by atoms with Crippen molar-refractivity contribution in [2.45, 2.75) is 26.2 Å². The molecule has 0 N–H and O–H groups in total. The van der Waals surface area contributed by atoms with E-state index in [0.717, 1.165) is 76.8 Å². The fourth-order valence-corrected chi connectivity index (χ4v) is 2.27. The summed E-state index contributed by atoms with van der Waals surface area (Å²) in [5, 5.41) is 0. The highest BCUT2D eigenvalue weighted by atomic mass is 35.5. The topological polar surface area (TPSA) is 30.9 Å². The van der Waals surface area contributed by atoms with Gasteiger partial charge in [-0.05, 0) is 37.1 Å². The molecular weight excluding hydrogens is 302 g/mol. The monoisotopic (exact) mass is 328 g/mol. The zero-order chi connectivity index (χ0) is 14.8. The van der Waals surface area contributed by atoms with E-state index in [1.165, 1.54) is 0 Å². The molecule has 22 heavy (non-hydrogen) atoms. The van der Waals surface area contributed by atoms with Crippen molar-refractivity contribution in [2.75, 3.05) is 46.1 Å². The first-order chi connectivity index (χ1) is 10.4. The highest BCUT2D eigenvalue weighted by molar-refractivity contribution is 5.31. The normalized spacial score (nSPS) is 15.1. The van der Waals surface area contributed by atoms with Crippen LogP contribution >= 0.6 is 0 Å². The highest BCUT2D eigenvalue weighted by Gasteiger charge is 2.09. The van der Waals surface area contributed by atoms with Crippen LogP contribution in [-0.2, 0) is 4.74 Å². The third kappa shape index (κ3) is 7.34. The minimum Gasteiger partial charge on any atom is -1.00 e. The molecule has 0 aromatic heterocycles. The average Bonchev–Trinajstić information content (AvgIpc) is 2.54. The second-order valence-corrected chi connectivity index (χ2v) is 5.33. The Bertz CT molecular complexity index is 380. The molecule has 1 saturated heterocycles. The number of unbranched alkanes of at least 4 members (excludes halogenated alkanes) is 1. The molecule has 0 radical (unpaired) electrons. The summed E-state index contributed by atoms with van der Waals surface area (Å²) in [5.41, 5.74) is 0. The summed E-state index contributed by atoms with van der Waals surface area (Å²) in [5.74, 6) is 1.84. The van der Waals surface area contributed by atoms with Gasteiger partial charge in [0.1, 0.15) is 11.5 Å². The Labute approximate surface area is 140 Å². The Morgan fingerprint density at radius 3 is 2.05 bits per heavy atom. The van der Waals surface area contributed by atoms with E-state index in [1.807, 2.05) is 24.3 Å². The predicted octanol–water partition coefficient (Wildman–Crippen LogP) is -0.0294. The highest BCUT2D eigenvalue weighted by Crippen LogP contribution is 2.18. The SMILES string of the molecule is CCCCOc1ccc(OCCCN2CCOCC2)cc1.[Cl-]. The van der Waals surface area contributed by atoms with Crippen LogP contribution in [0.2, 0.25) is 0 Å². The Balaban J connectivity index is 0.00000242. The summed E-state index contributed by atoms with van der Waals surface area (Å²) < 4.78 is 16.7. The molecule has 0 bridgehead atoms. The maximum Gasteiger partial charge on any atom is 0.119 e. The Kier molecular flexibility index (Phi) is 10.0. The molecule has 0 atom stereocenters. The zero-order valence-electron chi connectivity index (χ0n) is 13.4. The molecule has 0 amide bonds. The van der Waals surface area contributed by atoms with Crippen LogP contribution in [0.15, 0.2) is 24.3 Å². The summed E-state index contributed by atoms with van der Waals surface area (Å²) in [7, 11) is 0. The predicted molar refractivity (Wildman–Crippen MR) is 84.2 cm³/mol. The molecule has 1 aliphatic heterocycles. The van der Waals surface area contributed by atoms with Crippen molar-refractivity contribution in [1.82, 2.24) is 4.90 Å². The van der Waals surface area contributed by atoms with Crippen molar-refractivity contribution in [3.63, 3.8) is 0 Å². The van der Waals surface area contributed by atoms with Crippen LogP contribution in [-0.4, -0.2) is 51.0 Å². The molecule has 1 fully saturated rings. The van der Waals surface area contributed by atoms with Gasteiger partial charge in [0, 0.05) is 19.6 Å². The standard InChI is InChI=1S/C17H27NO3.ClH/c1-2-3-12-20-16-5-7-17(8-6-16)21-13-4-9-18-10-14-19-15-11-18;/h5-8H,2-4,9-15H2,1H3;1H/p-1. The maximum atomic E-state index is 5.76. The number of hydrogen-bond donors (Lipinski definition) is 0. The third-order valence-electron chi connectivity index (χ3n) is 3.58. The largest absolute Gasteiger partial charge is 1.00 e. The van der Waals surface area contributed by atoms with Gasteiger partial charge in [0.2, 0.25) is 0 Å². The van der Waals surface area contributed by atoms with E-state index in [0.29, 0.717) is 0 Å². The number of hydrogen-bond acceptors (Lipinski definition) is 4. The molecule has 4 nitrogen and oxygen atoms in total. The molecule has 0 aliphatic carbocycles. The molecule has 0 spiro atoms. The van der Waals surface area contributed by atoms with Crippen LogP contribution in [0.5, 0.6) is 11.5 Å². The Hall–Kier alpha value is -0.970. The van der Waals surface area contributed by atoms with Gasteiger partial charge in [0.15, 0.2) is 0 Å². The first-order valence-electron chi connectivity index (χ1n) is 8.04. The van der Waals surface area contributed by atoms with Crippen LogP contribution in [0.4, 0.5) is 0 Å². The van der Waals surface area contributed by atoms with Gasteiger partial charge in [-0.25, -0.2) is 0 Å². The number of halogens is 1. The van der Waals surface area contributed by atoms with Gasteiger partial charge in [-0.2, -0.15) is 0 Å². The number of morpholine rings is 1. The van der Waals surface area contributed by atoms with Gasteiger partial charge in [-0.3, -0.25) is 4.90 Å². The number of nitrogens with zero attached hydrogens (tertiary/aromatic N) is 1. The lowest BCUT2D eigenvalue weighted by Gasteiger charge is -2.26. The van der Waals surface area contributed by atoms with Crippen molar-refractivity contribution in [1.29, 1.82) is 0 Å². The van der Waals surface area contributed by atoms with Crippen LogP contribution in [0, 0.1) is 0 Å². The smallest absolute Gasteiger partial charge is 0.119 e. The van der Waals surface area contributed by atoms with E-state index in [2.05, 4.69) is 11.8 Å². The third-order valence-corrected chi connectivity index (χ3v) is 3.58. The zero-order valence-corrected chi connectivity index (χ0v) is 14.2. The van der Waals surface area contributed by atoms with Crippen LogP contribution < -0.4 is 21.9 Å². The minimum absolute atomic E-state index is 0. The average molecular weight is 329 g/mol. The number of rotatable bonds is 9. The van der Waals surface area contributed by atoms with Crippen molar-refractivity contribution >= 4 is 0 Å². The fraction of sp³-hybridized carbons (Fsp3) is 0.647. The second kappa shape index (κ2) is 11.6. The van der Waals surface area contributed by atoms with Gasteiger partial charge in [-0.1, -0.05) is 13.3 Å². The van der Waals surface area contributed by atoms with E-state index in [9.17, 15) is 0 Å². The molecular formula is C17H27ClNO3-. The lowest BCUT2D eigenvalue weighted by atomic mass is 10.3. The van der Waals surface area contributed by atoms with Gasteiger partial charge < -0.3 is 26.6 Å². The molecule has 1 aliphatic rings. The Morgan fingerprint density at radius 1 is 0.955 bits per heavy atom. The second-order valence-electron chi connectivity index (χ2n) is 5.33. The molecule has 126 valence electrons. The van der Waals surface area contributed by atoms with Crippen LogP contribution in [0.3, 0.4) is 0 Å². The first kappa shape index (κ1) is 19.1. The molecule has 0 unspecified atom stereocenters. The minimum atomic E-state index is 0. The lowest BCUT2D eigenvalue weighted by molar-refractivity contribution is -0.00000666. The van der Waals surface area contributed by atoms with Crippen LogP contribution in [0.1, 0.15) is 26.2 Å². The summed E-state index contributed by atoms with van der Waals surface area (Å²) in [6.07, 6.45) is 3.30. The van der Waals surface area contributed by atoms with E-state index in [-0.39, 0.29) is 12.4 Å². The summed E-state index contributed by atoms with van der Waals surface area (Å²) in [4.78, 5) is 2.43. The molecule has 1 aromatic carbocycles. The molecule has 0 saturated carbocycles. The molecule has 2 rings (SSSR count). The number of ether oxygens (including phenoxy) is 3. The Morgan fingerprint density at radius 2 is 1.50 bits per heavy atom. The van der Waals surface area contributed by atoms with Crippen molar-refractivity contribution < 1.29 is 26.6 Å². The summed E-state index contributed by atoms with van der Waals surface area (Å²) in [6, 6.07) is 7.92.